The second-order valence-corrected chi connectivity index (χ2v) is 6.40. The molecule has 3 unspecified atom stereocenters. The second-order valence-electron chi connectivity index (χ2n) is 6.40. The molecule has 0 bridgehead atoms. The Labute approximate surface area is 111 Å². The van der Waals surface area contributed by atoms with E-state index in [-0.39, 0.29) is 0 Å². The van der Waals surface area contributed by atoms with Crippen LogP contribution in [0.1, 0.15) is 25.7 Å². The van der Waals surface area contributed by atoms with Crippen LogP contribution in [0.25, 0.3) is 0 Å². The van der Waals surface area contributed by atoms with Gasteiger partial charge in [-0.1, -0.05) is 0 Å². The summed E-state index contributed by atoms with van der Waals surface area (Å²) in [5.74, 6) is 0. The van der Waals surface area contributed by atoms with Gasteiger partial charge in [-0.25, -0.2) is 0 Å². The SMILES string of the molecule is CN1CCN(C2CCN3CCCC3C2)C(CN)C1. The minimum absolute atomic E-state index is 0.585. The van der Waals surface area contributed by atoms with Crippen molar-refractivity contribution in [2.45, 2.75) is 43.8 Å². The van der Waals surface area contributed by atoms with E-state index in [0.717, 1.165) is 25.2 Å². The van der Waals surface area contributed by atoms with E-state index in [1.165, 1.54) is 51.9 Å². The van der Waals surface area contributed by atoms with Gasteiger partial charge in [0.1, 0.15) is 0 Å². The normalized spacial score (nSPS) is 40.0. The van der Waals surface area contributed by atoms with Crippen molar-refractivity contribution in [3.05, 3.63) is 0 Å². The summed E-state index contributed by atoms with van der Waals surface area (Å²) in [6.45, 7) is 7.06. The summed E-state index contributed by atoms with van der Waals surface area (Å²) in [4.78, 5) is 7.87. The topological polar surface area (TPSA) is 35.7 Å². The van der Waals surface area contributed by atoms with E-state index in [1.54, 1.807) is 0 Å². The summed E-state index contributed by atoms with van der Waals surface area (Å²) in [6.07, 6.45) is 5.59. The Balaban J connectivity index is 1.63. The van der Waals surface area contributed by atoms with Crippen LogP contribution in [-0.4, -0.2) is 79.1 Å². The van der Waals surface area contributed by atoms with Gasteiger partial charge in [-0.15, -0.1) is 0 Å². The molecule has 104 valence electrons. The largest absolute Gasteiger partial charge is 0.329 e. The van der Waals surface area contributed by atoms with Crippen molar-refractivity contribution in [2.75, 3.05) is 46.3 Å². The van der Waals surface area contributed by atoms with Crippen LogP contribution in [0.4, 0.5) is 0 Å². The molecule has 0 aromatic heterocycles. The number of piperidine rings is 1. The number of nitrogens with two attached hydrogens (primary N) is 1. The van der Waals surface area contributed by atoms with Gasteiger partial charge < -0.3 is 15.5 Å². The van der Waals surface area contributed by atoms with Crippen LogP contribution in [0.15, 0.2) is 0 Å². The zero-order valence-corrected chi connectivity index (χ0v) is 11.7. The van der Waals surface area contributed by atoms with E-state index in [9.17, 15) is 0 Å². The zero-order chi connectivity index (χ0) is 12.5. The smallest absolute Gasteiger partial charge is 0.0349 e. The summed E-state index contributed by atoms with van der Waals surface area (Å²) < 4.78 is 0. The first-order valence-corrected chi connectivity index (χ1v) is 7.66. The summed E-state index contributed by atoms with van der Waals surface area (Å²) in [5.41, 5.74) is 5.99. The Bertz CT molecular complexity index is 283. The lowest BCUT2D eigenvalue weighted by Crippen LogP contribution is -2.60. The molecular weight excluding hydrogens is 224 g/mol. The lowest BCUT2D eigenvalue weighted by molar-refractivity contribution is 0.0171. The van der Waals surface area contributed by atoms with E-state index < -0.39 is 0 Å². The highest BCUT2D eigenvalue weighted by atomic mass is 15.3. The Morgan fingerprint density at radius 2 is 1.94 bits per heavy atom. The number of nitrogens with zero attached hydrogens (tertiary/aromatic N) is 3. The van der Waals surface area contributed by atoms with Crippen molar-refractivity contribution in [3.63, 3.8) is 0 Å². The average molecular weight is 252 g/mol. The number of rotatable bonds is 2. The Morgan fingerprint density at radius 3 is 2.78 bits per heavy atom. The first kappa shape index (κ1) is 12.9. The molecule has 0 spiro atoms. The van der Waals surface area contributed by atoms with Gasteiger partial charge in [-0.05, 0) is 45.8 Å². The van der Waals surface area contributed by atoms with Gasteiger partial charge in [0.15, 0.2) is 0 Å². The summed E-state index contributed by atoms with van der Waals surface area (Å²) in [6, 6.07) is 2.26. The summed E-state index contributed by atoms with van der Waals surface area (Å²) >= 11 is 0. The molecule has 3 atom stereocenters. The van der Waals surface area contributed by atoms with Gasteiger partial charge in [-0.2, -0.15) is 0 Å². The van der Waals surface area contributed by atoms with E-state index in [0.29, 0.717) is 6.04 Å². The van der Waals surface area contributed by atoms with Gasteiger partial charge in [0.05, 0.1) is 0 Å². The Hall–Kier alpha value is -0.160. The first-order valence-electron chi connectivity index (χ1n) is 7.66. The van der Waals surface area contributed by atoms with E-state index >= 15 is 0 Å². The molecule has 3 aliphatic heterocycles. The van der Waals surface area contributed by atoms with Crippen LogP contribution in [-0.2, 0) is 0 Å². The molecule has 0 aromatic rings. The van der Waals surface area contributed by atoms with E-state index in [4.69, 9.17) is 5.73 Å². The fraction of sp³-hybridized carbons (Fsp3) is 1.00. The van der Waals surface area contributed by atoms with E-state index in [2.05, 4.69) is 21.7 Å². The number of hydrogen-bond donors (Lipinski definition) is 1. The van der Waals surface area contributed by atoms with Crippen LogP contribution in [0, 0.1) is 0 Å². The van der Waals surface area contributed by atoms with Gasteiger partial charge in [0, 0.05) is 44.3 Å². The molecule has 0 aromatic carbocycles. The highest BCUT2D eigenvalue weighted by Crippen LogP contribution is 2.30. The maximum atomic E-state index is 5.99. The maximum Gasteiger partial charge on any atom is 0.0349 e. The molecule has 2 N–H and O–H groups in total. The second kappa shape index (κ2) is 5.45. The number of piperazine rings is 1. The van der Waals surface area contributed by atoms with Crippen molar-refractivity contribution in [3.8, 4) is 0 Å². The molecule has 3 saturated heterocycles. The minimum atomic E-state index is 0.585. The molecular formula is C14H28N4. The van der Waals surface area contributed by atoms with Crippen molar-refractivity contribution in [1.82, 2.24) is 14.7 Å². The molecule has 18 heavy (non-hydrogen) atoms. The van der Waals surface area contributed by atoms with Gasteiger partial charge in [0.2, 0.25) is 0 Å². The molecule has 0 saturated carbocycles. The molecule has 0 radical (unpaired) electrons. The summed E-state index contributed by atoms with van der Waals surface area (Å²) in [7, 11) is 2.22. The van der Waals surface area contributed by atoms with Crippen molar-refractivity contribution < 1.29 is 0 Å². The molecule has 3 rings (SSSR count). The fourth-order valence-corrected chi connectivity index (χ4v) is 4.22. The van der Waals surface area contributed by atoms with E-state index in [1.807, 2.05) is 0 Å². The van der Waals surface area contributed by atoms with Crippen LogP contribution < -0.4 is 5.73 Å². The molecule has 0 amide bonds. The standard InChI is InChI=1S/C14H28N4/c1-16-7-8-18(14(10-15)11-16)13-4-6-17-5-2-3-12(17)9-13/h12-14H,2-11,15H2,1H3. The molecule has 3 fully saturated rings. The first-order chi connectivity index (χ1) is 8.78. The monoisotopic (exact) mass is 252 g/mol. The highest BCUT2D eigenvalue weighted by Gasteiger charge is 2.37. The van der Waals surface area contributed by atoms with Crippen LogP contribution in [0.3, 0.4) is 0 Å². The molecule has 0 aliphatic carbocycles. The third-order valence-electron chi connectivity index (χ3n) is 5.27. The van der Waals surface area contributed by atoms with Crippen LogP contribution in [0.2, 0.25) is 0 Å². The minimum Gasteiger partial charge on any atom is -0.329 e. The lowest BCUT2D eigenvalue weighted by Gasteiger charge is -2.47. The third-order valence-corrected chi connectivity index (χ3v) is 5.27. The fourth-order valence-electron chi connectivity index (χ4n) is 4.22. The molecule has 3 aliphatic rings. The number of likely N-dealkylation sites (N-methyl/N-ethyl adjacent to an activating group) is 1. The predicted molar refractivity (Wildman–Crippen MR) is 74.7 cm³/mol. The quantitative estimate of drug-likeness (QED) is 0.761. The van der Waals surface area contributed by atoms with Crippen molar-refractivity contribution in [1.29, 1.82) is 0 Å². The zero-order valence-electron chi connectivity index (χ0n) is 11.7. The van der Waals surface area contributed by atoms with Crippen LogP contribution >= 0.6 is 0 Å². The highest BCUT2D eigenvalue weighted by molar-refractivity contribution is 4.94. The summed E-state index contributed by atoms with van der Waals surface area (Å²) in [5, 5.41) is 0. The predicted octanol–water partition coefficient (Wildman–Crippen LogP) is 0.188. The molecule has 4 nitrogen and oxygen atoms in total. The number of fused-ring (bicyclic) bond motifs is 1. The Morgan fingerprint density at radius 1 is 1.06 bits per heavy atom. The van der Waals surface area contributed by atoms with Crippen molar-refractivity contribution in [2.24, 2.45) is 5.73 Å². The molecule has 4 heteroatoms. The maximum absolute atomic E-state index is 5.99. The van der Waals surface area contributed by atoms with Gasteiger partial charge in [0.25, 0.3) is 0 Å². The lowest BCUT2D eigenvalue weighted by atomic mass is 9.94. The van der Waals surface area contributed by atoms with Gasteiger partial charge in [-0.3, -0.25) is 4.90 Å². The van der Waals surface area contributed by atoms with Crippen molar-refractivity contribution >= 4 is 0 Å². The van der Waals surface area contributed by atoms with Crippen LogP contribution in [0.5, 0.6) is 0 Å². The third kappa shape index (κ3) is 2.44. The molecule has 3 heterocycles. The average Bonchev–Trinajstić information content (AvgIpc) is 2.85. The Kier molecular flexibility index (Phi) is 3.89. The van der Waals surface area contributed by atoms with Gasteiger partial charge >= 0.3 is 0 Å². The number of hydrogen-bond acceptors (Lipinski definition) is 4.